The maximum atomic E-state index is 11.6. The number of carbonyl (C=O) groups is 1. The van der Waals surface area contributed by atoms with Gasteiger partial charge in [0.15, 0.2) is 0 Å². The number of amides is 1. The van der Waals surface area contributed by atoms with E-state index >= 15 is 0 Å². The molecule has 0 radical (unpaired) electrons. The number of aromatic nitrogens is 1. The zero-order valence-corrected chi connectivity index (χ0v) is 13.7. The first-order chi connectivity index (χ1) is 11.1. The van der Waals surface area contributed by atoms with E-state index in [-0.39, 0.29) is 5.91 Å². The first-order valence-corrected chi connectivity index (χ1v) is 7.70. The molecule has 0 fully saturated rings. The monoisotopic (exact) mass is 351 g/mol. The van der Waals surface area contributed by atoms with Crippen LogP contribution in [-0.4, -0.2) is 23.7 Å². The Morgan fingerprint density at radius 3 is 2.78 bits per heavy atom. The number of halogens is 2. The zero-order chi connectivity index (χ0) is 16.5. The number of benzene rings is 1. The number of rotatable bonds is 7. The van der Waals surface area contributed by atoms with E-state index in [0.717, 1.165) is 5.56 Å². The van der Waals surface area contributed by atoms with Crippen LogP contribution < -0.4 is 10.2 Å². The van der Waals surface area contributed by atoms with E-state index in [9.17, 15) is 4.79 Å². The van der Waals surface area contributed by atoms with Crippen LogP contribution in [0.3, 0.4) is 0 Å². The summed E-state index contributed by atoms with van der Waals surface area (Å²) in [6.45, 7) is 0.378. The molecule has 1 N–H and O–H groups in total. The maximum absolute atomic E-state index is 11.6. The van der Waals surface area contributed by atoms with Gasteiger partial charge in [-0.3, -0.25) is 9.78 Å². The van der Waals surface area contributed by atoms with Crippen molar-refractivity contribution in [3.63, 3.8) is 0 Å². The van der Waals surface area contributed by atoms with Crippen LogP contribution in [0.15, 0.2) is 47.8 Å². The number of nitrogens with one attached hydrogen (secondary N) is 1. The normalized spacial score (nSPS) is 10.7. The summed E-state index contributed by atoms with van der Waals surface area (Å²) in [5.41, 5.74) is 3.32. The van der Waals surface area contributed by atoms with Gasteiger partial charge < -0.3 is 4.74 Å². The molecule has 0 aliphatic heterocycles. The number of hydrazone groups is 1. The molecule has 1 amide bonds. The van der Waals surface area contributed by atoms with E-state index in [4.69, 9.17) is 27.9 Å². The van der Waals surface area contributed by atoms with E-state index in [0.29, 0.717) is 35.2 Å². The molecule has 2 rings (SSSR count). The van der Waals surface area contributed by atoms with Crippen molar-refractivity contribution in [3.05, 3.63) is 58.3 Å². The first kappa shape index (κ1) is 17.2. The Morgan fingerprint density at radius 2 is 2.04 bits per heavy atom. The Bertz CT molecular complexity index is 678. The molecule has 0 aliphatic rings. The van der Waals surface area contributed by atoms with Crippen molar-refractivity contribution in [1.82, 2.24) is 10.4 Å². The highest BCUT2D eigenvalue weighted by molar-refractivity contribution is 6.35. The second kappa shape index (κ2) is 9.12. The average Bonchev–Trinajstić information content (AvgIpc) is 2.54. The average molecular weight is 352 g/mol. The van der Waals surface area contributed by atoms with Crippen LogP contribution in [0.2, 0.25) is 10.0 Å². The maximum Gasteiger partial charge on any atom is 0.240 e. The number of hydrogen-bond acceptors (Lipinski definition) is 4. The van der Waals surface area contributed by atoms with Crippen LogP contribution in [0.25, 0.3) is 0 Å². The molecule has 0 aliphatic carbocycles. The number of ether oxygens (including phenoxy) is 1. The Hall–Kier alpha value is -2.11. The van der Waals surface area contributed by atoms with Crippen molar-refractivity contribution in [1.29, 1.82) is 0 Å². The van der Waals surface area contributed by atoms with E-state index in [1.165, 1.54) is 0 Å². The molecule has 5 nitrogen and oxygen atoms in total. The van der Waals surface area contributed by atoms with Gasteiger partial charge in [-0.1, -0.05) is 23.2 Å². The summed E-state index contributed by atoms with van der Waals surface area (Å²) in [5.74, 6) is 0.369. The summed E-state index contributed by atoms with van der Waals surface area (Å²) in [6.07, 6.45) is 5.73. The largest absolute Gasteiger partial charge is 0.492 e. The highest BCUT2D eigenvalue weighted by atomic mass is 35.5. The first-order valence-electron chi connectivity index (χ1n) is 6.95. The molecule has 1 aromatic carbocycles. The Morgan fingerprint density at radius 1 is 1.26 bits per heavy atom. The molecule has 1 heterocycles. The fourth-order valence-corrected chi connectivity index (χ4v) is 2.15. The molecule has 23 heavy (non-hydrogen) atoms. The Kier molecular flexibility index (Phi) is 6.84. The quantitative estimate of drug-likeness (QED) is 0.470. The van der Waals surface area contributed by atoms with Crippen molar-refractivity contribution < 1.29 is 9.53 Å². The van der Waals surface area contributed by atoms with Crippen LogP contribution in [0, 0.1) is 0 Å². The Labute approximate surface area is 144 Å². The summed E-state index contributed by atoms with van der Waals surface area (Å²) < 4.78 is 5.50. The molecule has 0 spiro atoms. The molecular weight excluding hydrogens is 337 g/mol. The SMILES string of the molecule is O=C(CCCOc1ccc(Cl)cc1Cl)NN=Cc1ccncc1. The molecule has 0 saturated carbocycles. The lowest BCUT2D eigenvalue weighted by molar-refractivity contribution is -0.121. The topological polar surface area (TPSA) is 63.6 Å². The molecule has 2 aromatic rings. The lowest BCUT2D eigenvalue weighted by atomic mass is 10.3. The fourth-order valence-electron chi connectivity index (χ4n) is 1.69. The van der Waals surface area contributed by atoms with Gasteiger partial charge in [-0.2, -0.15) is 5.10 Å². The number of pyridine rings is 1. The highest BCUT2D eigenvalue weighted by Crippen LogP contribution is 2.27. The third-order valence-electron chi connectivity index (χ3n) is 2.81. The lowest BCUT2D eigenvalue weighted by Gasteiger charge is -2.07. The zero-order valence-electron chi connectivity index (χ0n) is 12.2. The van der Waals surface area contributed by atoms with Crippen molar-refractivity contribution >= 4 is 35.3 Å². The smallest absolute Gasteiger partial charge is 0.240 e. The molecule has 1 aromatic heterocycles. The summed E-state index contributed by atoms with van der Waals surface area (Å²) in [6, 6.07) is 8.59. The van der Waals surface area contributed by atoms with Crippen LogP contribution in [0.1, 0.15) is 18.4 Å². The van der Waals surface area contributed by atoms with Gasteiger partial charge in [0.1, 0.15) is 5.75 Å². The van der Waals surface area contributed by atoms with Crippen molar-refractivity contribution in [2.45, 2.75) is 12.8 Å². The van der Waals surface area contributed by atoms with E-state index in [1.54, 1.807) is 48.9 Å². The molecule has 7 heteroatoms. The summed E-state index contributed by atoms with van der Waals surface area (Å²) in [4.78, 5) is 15.5. The third-order valence-corrected chi connectivity index (χ3v) is 3.34. The summed E-state index contributed by atoms with van der Waals surface area (Å²) in [5, 5.41) is 4.87. The van der Waals surface area contributed by atoms with Gasteiger partial charge in [-0.05, 0) is 42.3 Å². The van der Waals surface area contributed by atoms with Crippen molar-refractivity contribution in [2.75, 3.05) is 6.61 Å². The van der Waals surface area contributed by atoms with E-state index < -0.39 is 0 Å². The van der Waals surface area contributed by atoms with Gasteiger partial charge in [0.25, 0.3) is 0 Å². The van der Waals surface area contributed by atoms with Gasteiger partial charge in [-0.15, -0.1) is 0 Å². The van der Waals surface area contributed by atoms with E-state index in [2.05, 4.69) is 15.5 Å². The molecule has 0 bridgehead atoms. The molecule has 120 valence electrons. The number of nitrogens with zero attached hydrogens (tertiary/aromatic N) is 2. The van der Waals surface area contributed by atoms with Crippen LogP contribution in [0.5, 0.6) is 5.75 Å². The van der Waals surface area contributed by atoms with Gasteiger partial charge in [0.05, 0.1) is 17.8 Å². The van der Waals surface area contributed by atoms with Crippen LogP contribution in [-0.2, 0) is 4.79 Å². The predicted octanol–water partition coefficient (Wildman–Crippen LogP) is 3.70. The molecule has 0 saturated heterocycles. The molecule has 0 unspecified atom stereocenters. The van der Waals surface area contributed by atoms with Crippen LogP contribution >= 0.6 is 23.2 Å². The Balaban J connectivity index is 1.66. The third kappa shape index (κ3) is 6.26. The minimum absolute atomic E-state index is 0.180. The van der Waals surface area contributed by atoms with Crippen molar-refractivity contribution in [2.24, 2.45) is 5.10 Å². The predicted molar refractivity (Wildman–Crippen MR) is 91.2 cm³/mol. The number of hydrogen-bond donors (Lipinski definition) is 1. The van der Waals surface area contributed by atoms with Gasteiger partial charge >= 0.3 is 0 Å². The second-order valence-electron chi connectivity index (χ2n) is 4.60. The highest BCUT2D eigenvalue weighted by Gasteiger charge is 2.04. The van der Waals surface area contributed by atoms with Crippen molar-refractivity contribution in [3.8, 4) is 5.75 Å². The minimum Gasteiger partial charge on any atom is -0.492 e. The van der Waals surface area contributed by atoms with Crippen LogP contribution in [0.4, 0.5) is 0 Å². The second-order valence-corrected chi connectivity index (χ2v) is 5.44. The molecule has 0 atom stereocenters. The number of carbonyl (C=O) groups excluding carboxylic acids is 1. The standard InChI is InChI=1S/C16H15Cl2N3O2/c17-13-3-4-15(14(18)10-13)23-9-1-2-16(22)21-20-11-12-5-7-19-8-6-12/h3-8,10-11H,1-2,9H2,(H,21,22). The lowest BCUT2D eigenvalue weighted by Crippen LogP contribution is -2.18. The summed E-state index contributed by atoms with van der Waals surface area (Å²) >= 11 is 11.8. The minimum atomic E-state index is -0.180. The van der Waals surface area contributed by atoms with Gasteiger partial charge in [-0.25, -0.2) is 5.43 Å². The fraction of sp³-hybridized carbons (Fsp3) is 0.188. The van der Waals surface area contributed by atoms with E-state index in [1.807, 2.05) is 0 Å². The van der Waals surface area contributed by atoms with Gasteiger partial charge in [0, 0.05) is 23.8 Å². The van der Waals surface area contributed by atoms with Gasteiger partial charge in [0.2, 0.25) is 5.91 Å². The molecular formula is C16H15Cl2N3O2. The summed E-state index contributed by atoms with van der Waals surface area (Å²) in [7, 11) is 0.